The molecule has 4 nitrogen and oxygen atoms in total. The molecule has 3 atom stereocenters. The quantitative estimate of drug-likeness (QED) is 0.607. The number of hydrogen-bond donors (Lipinski definition) is 2. The lowest BCUT2D eigenvalue weighted by Gasteiger charge is -2.27. The SMILES string of the molecule is NNC(C1CCCO1)C1CCc2cccnc21. The monoisotopic (exact) mass is 233 g/mol. The molecule has 4 heteroatoms. The van der Waals surface area contributed by atoms with E-state index in [0.717, 1.165) is 32.3 Å². The van der Waals surface area contributed by atoms with Crippen molar-refractivity contribution in [3.05, 3.63) is 29.6 Å². The first-order chi connectivity index (χ1) is 8.40. The molecular formula is C13H19N3O. The van der Waals surface area contributed by atoms with Crippen LogP contribution in [0.15, 0.2) is 18.3 Å². The molecule has 1 fully saturated rings. The Morgan fingerprint density at radius 1 is 1.47 bits per heavy atom. The molecule has 0 aromatic carbocycles. The molecule has 1 saturated heterocycles. The number of ether oxygens (including phenoxy) is 1. The molecule has 0 amide bonds. The largest absolute Gasteiger partial charge is 0.377 e. The predicted octanol–water partition coefficient (Wildman–Crippen LogP) is 1.12. The van der Waals surface area contributed by atoms with Gasteiger partial charge in [0.15, 0.2) is 0 Å². The number of aromatic nitrogens is 1. The molecule has 1 aromatic rings. The van der Waals surface area contributed by atoms with Crippen LogP contribution in [0.3, 0.4) is 0 Å². The van der Waals surface area contributed by atoms with E-state index in [1.165, 1.54) is 11.3 Å². The zero-order valence-electron chi connectivity index (χ0n) is 9.93. The maximum Gasteiger partial charge on any atom is 0.0748 e. The summed E-state index contributed by atoms with van der Waals surface area (Å²) in [5.41, 5.74) is 5.55. The number of nitrogens with one attached hydrogen (secondary N) is 1. The fourth-order valence-electron chi connectivity index (χ4n) is 3.16. The number of nitrogens with two attached hydrogens (primary N) is 1. The fraction of sp³-hybridized carbons (Fsp3) is 0.615. The molecule has 0 radical (unpaired) electrons. The summed E-state index contributed by atoms with van der Waals surface area (Å²) in [6, 6.07) is 4.39. The molecule has 1 aromatic heterocycles. The van der Waals surface area contributed by atoms with Gasteiger partial charge in [-0.15, -0.1) is 0 Å². The summed E-state index contributed by atoms with van der Waals surface area (Å²) < 4.78 is 5.76. The first-order valence-corrected chi connectivity index (χ1v) is 6.41. The maximum atomic E-state index is 5.76. The van der Waals surface area contributed by atoms with Gasteiger partial charge in [-0.05, 0) is 37.3 Å². The highest BCUT2D eigenvalue weighted by Gasteiger charge is 2.36. The summed E-state index contributed by atoms with van der Waals surface area (Å²) in [5, 5.41) is 0. The molecule has 2 aliphatic rings. The van der Waals surface area contributed by atoms with Crippen LogP contribution in [0.5, 0.6) is 0 Å². The Hall–Kier alpha value is -0.970. The highest BCUT2D eigenvalue weighted by Crippen LogP contribution is 2.36. The molecule has 3 rings (SSSR count). The highest BCUT2D eigenvalue weighted by atomic mass is 16.5. The van der Waals surface area contributed by atoms with Crippen molar-refractivity contribution in [3.63, 3.8) is 0 Å². The minimum absolute atomic E-state index is 0.202. The Morgan fingerprint density at radius 3 is 3.18 bits per heavy atom. The lowest BCUT2D eigenvalue weighted by atomic mass is 9.91. The number of aryl methyl sites for hydroxylation is 1. The predicted molar refractivity (Wildman–Crippen MR) is 65.4 cm³/mol. The maximum absolute atomic E-state index is 5.76. The third kappa shape index (κ3) is 1.97. The summed E-state index contributed by atoms with van der Waals surface area (Å²) in [7, 11) is 0. The second-order valence-electron chi connectivity index (χ2n) is 4.94. The Kier molecular flexibility index (Phi) is 3.09. The molecule has 1 aliphatic heterocycles. The summed E-state index contributed by atoms with van der Waals surface area (Å²) in [4.78, 5) is 4.53. The lowest BCUT2D eigenvalue weighted by molar-refractivity contribution is 0.0688. The molecule has 92 valence electrons. The molecule has 0 saturated carbocycles. The second-order valence-corrected chi connectivity index (χ2v) is 4.94. The van der Waals surface area contributed by atoms with Gasteiger partial charge in [0.05, 0.1) is 12.1 Å². The fourth-order valence-corrected chi connectivity index (χ4v) is 3.16. The second kappa shape index (κ2) is 4.72. The first kappa shape index (κ1) is 11.1. The zero-order chi connectivity index (χ0) is 11.7. The van der Waals surface area contributed by atoms with Crippen molar-refractivity contribution in [1.29, 1.82) is 0 Å². The normalized spacial score (nSPS) is 29.2. The van der Waals surface area contributed by atoms with E-state index in [-0.39, 0.29) is 12.1 Å². The molecule has 0 bridgehead atoms. The Morgan fingerprint density at radius 2 is 2.41 bits per heavy atom. The van der Waals surface area contributed by atoms with E-state index in [0.29, 0.717) is 5.92 Å². The number of rotatable bonds is 3. The number of hydrazine groups is 1. The van der Waals surface area contributed by atoms with E-state index in [1.54, 1.807) is 0 Å². The Balaban J connectivity index is 1.84. The number of nitrogens with zero attached hydrogens (tertiary/aromatic N) is 1. The smallest absolute Gasteiger partial charge is 0.0748 e. The van der Waals surface area contributed by atoms with E-state index in [1.807, 2.05) is 12.3 Å². The zero-order valence-corrected chi connectivity index (χ0v) is 9.93. The summed E-state index contributed by atoms with van der Waals surface area (Å²) in [5.74, 6) is 6.13. The molecule has 17 heavy (non-hydrogen) atoms. The summed E-state index contributed by atoms with van der Waals surface area (Å²) in [6.45, 7) is 0.866. The molecular weight excluding hydrogens is 214 g/mol. The average molecular weight is 233 g/mol. The summed E-state index contributed by atoms with van der Waals surface area (Å²) >= 11 is 0. The Bertz CT molecular complexity index is 390. The van der Waals surface area contributed by atoms with E-state index in [4.69, 9.17) is 10.6 Å². The van der Waals surface area contributed by atoms with Crippen LogP contribution in [0.25, 0.3) is 0 Å². The molecule has 3 unspecified atom stereocenters. The van der Waals surface area contributed by atoms with Gasteiger partial charge in [-0.1, -0.05) is 6.07 Å². The van der Waals surface area contributed by atoms with Crippen molar-refractivity contribution < 1.29 is 4.74 Å². The Labute approximate surface area is 102 Å². The molecule has 2 heterocycles. The van der Waals surface area contributed by atoms with Crippen molar-refractivity contribution in [2.75, 3.05) is 6.61 Å². The van der Waals surface area contributed by atoms with Gasteiger partial charge in [0, 0.05) is 24.4 Å². The van der Waals surface area contributed by atoms with E-state index in [9.17, 15) is 0 Å². The van der Waals surface area contributed by atoms with Crippen LogP contribution < -0.4 is 11.3 Å². The number of hydrogen-bond acceptors (Lipinski definition) is 4. The van der Waals surface area contributed by atoms with E-state index < -0.39 is 0 Å². The lowest BCUT2D eigenvalue weighted by Crippen LogP contribution is -2.47. The van der Waals surface area contributed by atoms with Crippen molar-refractivity contribution >= 4 is 0 Å². The highest BCUT2D eigenvalue weighted by molar-refractivity contribution is 5.30. The van der Waals surface area contributed by atoms with Crippen LogP contribution in [0.2, 0.25) is 0 Å². The van der Waals surface area contributed by atoms with Gasteiger partial charge in [-0.2, -0.15) is 0 Å². The van der Waals surface area contributed by atoms with Crippen LogP contribution in [0.4, 0.5) is 0 Å². The van der Waals surface area contributed by atoms with E-state index in [2.05, 4.69) is 16.5 Å². The minimum atomic E-state index is 0.202. The van der Waals surface area contributed by atoms with Gasteiger partial charge in [0.2, 0.25) is 0 Å². The van der Waals surface area contributed by atoms with Gasteiger partial charge in [-0.25, -0.2) is 0 Å². The minimum Gasteiger partial charge on any atom is -0.377 e. The van der Waals surface area contributed by atoms with Gasteiger partial charge >= 0.3 is 0 Å². The van der Waals surface area contributed by atoms with Crippen LogP contribution in [-0.4, -0.2) is 23.7 Å². The molecule has 1 aliphatic carbocycles. The van der Waals surface area contributed by atoms with Crippen LogP contribution in [0, 0.1) is 0 Å². The van der Waals surface area contributed by atoms with Crippen molar-refractivity contribution in [1.82, 2.24) is 10.4 Å². The van der Waals surface area contributed by atoms with E-state index >= 15 is 0 Å². The average Bonchev–Trinajstić information content (AvgIpc) is 3.01. The standard InChI is InChI=1S/C13H19N3O/c14-16-13(11-4-2-8-17-11)10-6-5-9-3-1-7-15-12(9)10/h1,3,7,10-11,13,16H,2,4-6,8,14H2. The third-order valence-electron chi connectivity index (χ3n) is 3.99. The topological polar surface area (TPSA) is 60.2 Å². The van der Waals surface area contributed by atoms with Crippen LogP contribution in [-0.2, 0) is 11.2 Å². The van der Waals surface area contributed by atoms with Crippen LogP contribution >= 0.6 is 0 Å². The molecule has 0 spiro atoms. The number of fused-ring (bicyclic) bond motifs is 1. The van der Waals surface area contributed by atoms with Gasteiger partial charge in [0.1, 0.15) is 0 Å². The van der Waals surface area contributed by atoms with Gasteiger partial charge < -0.3 is 4.74 Å². The van der Waals surface area contributed by atoms with Crippen molar-refractivity contribution in [2.45, 2.75) is 43.7 Å². The van der Waals surface area contributed by atoms with Crippen molar-refractivity contribution in [2.24, 2.45) is 5.84 Å². The van der Waals surface area contributed by atoms with Crippen molar-refractivity contribution in [3.8, 4) is 0 Å². The van der Waals surface area contributed by atoms with Gasteiger partial charge in [-0.3, -0.25) is 16.3 Å². The van der Waals surface area contributed by atoms with Crippen LogP contribution in [0.1, 0.15) is 36.4 Å². The number of pyridine rings is 1. The molecule has 3 N–H and O–H groups in total. The first-order valence-electron chi connectivity index (χ1n) is 6.41. The van der Waals surface area contributed by atoms with Gasteiger partial charge in [0.25, 0.3) is 0 Å². The third-order valence-corrected chi connectivity index (χ3v) is 3.99. The summed E-state index contributed by atoms with van der Waals surface area (Å²) in [6.07, 6.45) is 6.61.